The first-order valence-electron chi connectivity index (χ1n) is 5.39. The van der Waals surface area contributed by atoms with E-state index in [-0.39, 0.29) is 0 Å². The zero-order chi connectivity index (χ0) is 11.0. The number of anilines is 2. The van der Waals surface area contributed by atoms with Gasteiger partial charge in [0.05, 0.1) is 0 Å². The molecule has 1 aliphatic rings. The van der Waals surface area contributed by atoms with Gasteiger partial charge in [-0.1, -0.05) is 0 Å². The van der Waals surface area contributed by atoms with Crippen LogP contribution in [0.2, 0.25) is 0 Å². The molecule has 0 fully saturated rings. The summed E-state index contributed by atoms with van der Waals surface area (Å²) in [6.45, 7) is 5.46. The van der Waals surface area contributed by atoms with Crippen molar-refractivity contribution >= 4 is 11.6 Å². The van der Waals surface area contributed by atoms with Gasteiger partial charge in [-0.2, -0.15) is 0 Å². The number of rotatable bonds is 2. The molecule has 1 aromatic heterocycles. The Morgan fingerprint density at radius 1 is 1.33 bits per heavy atom. The second-order valence-corrected chi connectivity index (χ2v) is 4.43. The van der Waals surface area contributed by atoms with Gasteiger partial charge in [-0.25, -0.2) is 9.97 Å². The van der Waals surface area contributed by atoms with Crippen molar-refractivity contribution in [2.24, 2.45) is 0 Å². The molecule has 1 aromatic rings. The Bertz CT molecular complexity index is 360. The fraction of sp³-hybridized carbons (Fsp3) is 0.636. The standard InChI is InChI=1S/C11H18N4/c1-8(2)15-6-5-9-10(14(3)4)12-7-13-11(9)15/h7-8H,5-6H2,1-4H3. The second-order valence-electron chi connectivity index (χ2n) is 4.43. The Morgan fingerprint density at radius 2 is 2.07 bits per heavy atom. The van der Waals surface area contributed by atoms with Crippen molar-refractivity contribution in [3.63, 3.8) is 0 Å². The summed E-state index contributed by atoms with van der Waals surface area (Å²) >= 11 is 0. The molecule has 0 saturated carbocycles. The molecular formula is C11H18N4. The highest BCUT2D eigenvalue weighted by molar-refractivity contribution is 5.63. The first-order chi connectivity index (χ1) is 7.11. The first kappa shape index (κ1) is 10.2. The highest BCUT2D eigenvalue weighted by atomic mass is 15.3. The van der Waals surface area contributed by atoms with Crippen molar-refractivity contribution in [3.05, 3.63) is 11.9 Å². The maximum absolute atomic E-state index is 4.39. The van der Waals surface area contributed by atoms with Crippen molar-refractivity contribution in [2.45, 2.75) is 26.3 Å². The molecule has 4 heteroatoms. The smallest absolute Gasteiger partial charge is 0.137 e. The lowest BCUT2D eigenvalue weighted by Gasteiger charge is -2.23. The van der Waals surface area contributed by atoms with Crippen LogP contribution in [0.4, 0.5) is 11.6 Å². The summed E-state index contributed by atoms with van der Waals surface area (Å²) in [4.78, 5) is 13.1. The summed E-state index contributed by atoms with van der Waals surface area (Å²) in [5.41, 5.74) is 1.29. The maximum atomic E-state index is 4.39. The molecule has 0 amide bonds. The molecule has 0 spiro atoms. The predicted molar refractivity (Wildman–Crippen MR) is 62.5 cm³/mol. The normalized spacial score (nSPS) is 14.6. The number of aromatic nitrogens is 2. The molecule has 0 aliphatic carbocycles. The number of nitrogens with zero attached hydrogens (tertiary/aromatic N) is 4. The van der Waals surface area contributed by atoms with E-state index in [0.29, 0.717) is 6.04 Å². The van der Waals surface area contributed by atoms with Crippen LogP contribution in [0.5, 0.6) is 0 Å². The Balaban J connectivity index is 2.43. The highest BCUT2D eigenvalue weighted by Crippen LogP contribution is 2.32. The van der Waals surface area contributed by atoms with Crippen LogP contribution in [0.15, 0.2) is 6.33 Å². The molecule has 0 N–H and O–H groups in total. The average molecular weight is 206 g/mol. The largest absolute Gasteiger partial charge is 0.362 e. The van der Waals surface area contributed by atoms with Gasteiger partial charge >= 0.3 is 0 Å². The van der Waals surface area contributed by atoms with E-state index in [2.05, 4.69) is 33.6 Å². The Hall–Kier alpha value is -1.32. The Morgan fingerprint density at radius 3 is 2.67 bits per heavy atom. The summed E-state index contributed by atoms with van der Waals surface area (Å²) in [7, 11) is 4.06. The van der Waals surface area contributed by atoms with Gasteiger partial charge in [0.1, 0.15) is 18.0 Å². The molecule has 2 rings (SSSR count). The van der Waals surface area contributed by atoms with Crippen LogP contribution in [0.3, 0.4) is 0 Å². The van der Waals surface area contributed by atoms with Gasteiger partial charge in [-0.15, -0.1) is 0 Å². The van der Waals surface area contributed by atoms with Gasteiger partial charge in [0, 0.05) is 32.2 Å². The molecule has 1 aliphatic heterocycles. The fourth-order valence-corrected chi connectivity index (χ4v) is 2.09. The lowest BCUT2D eigenvalue weighted by atomic mass is 10.2. The van der Waals surface area contributed by atoms with Crippen LogP contribution < -0.4 is 9.80 Å². The lowest BCUT2D eigenvalue weighted by molar-refractivity contribution is 0.702. The summed E-state index contributed by atoms with van der Waals surface area (Å²) in [5.74, 6) is 2.17. The molecule has 0 atom stereocenters. The van der Waals surface area contributed by atoms with E-state index in [1.165, 1.54) is 5.56 Å². The lowest BCUT2D eigenvalue weighted by Crippen LogP contribution is -2.29. The van der Waals surface area contributed by atoms with Gasteiger partial charge < -0.3 is 9.80 Å². The Kier molecular flexibility index (Phi) is 2.50. The predicted octanol–water partition coefficient (Wildman–Crippen LogP) is 1.31. The van der Waals surface area contributed by atoms with Crippen LogP contribution in [0, 0.1) is 0 Å². The minimum absolute atomic E-state index is 0.510. The van der Waals surface area contributed by atoms with E-state index in [0.717, 1.165) is 24.6 Å². The molecule has 4 nitrogen and oxygen atoms in total. The summed E-state index contributed by atoms with van der Waals surface area (Å²) in [6.07, 6.45) is 2.72. The zero-order valence-electron chi connectivity index (χ0n) is 9.86. The van der Waals surface area contributed by atoms with E-state index in [4.69, 9.17) is 0 Å². The molecule has 0 radical (unpaired) electrons. The molecule has 82 valence electrons. The van der Waals surface area contributed by atoms with Crippen LogP contribution in [-0.4, -0.2) is 36.6 Å². The molecule has 0 aromatic carbocycles. The van der Waals surface area contributed by atoms with Crippen LogP contribution in [0.25, 0.3) is 0 Å². The quantitative estimate of drug-likeness (QED) is 0.730. The van der Waals surface area contributed by atoms with E-state index in [9.17, 15) is 0 Å². The summed E-state index contributed by atoms with van der Waals surface area (Å²) in [5, 5.41) is 0. The van der Waals surface area contributed by atoms with Crippen molar-refractivity contribution in [1.82, 2.24) is 9.97 Å². The van der Waals surface area contributed by atoms with Crippen LogP contribution in [-0.2, 0) is 6.42 Å². The average Bonchev–Trinajstić information content (AvgIpc) is 2.59. The SMILES string of the molecule is CC(C)N1CCc2c(N(C)C)ncnc21. The molecule has 0 bridgehead atoms. The number of hydrogen-bond acceptors (Lipinski definition) is 4. The van der Waals surface area contributed by atoms with Crippen LogP contribution >= 0.6 is 0 Å². The van der Waals surface area contributed by atoms with Gasteiger partial charge in [-0.05, 0) is 20.3 Å². The molecule has 0 unspecified atom stereocenters. The van der Waals surface area contributed by atoms with Gasteiger partial charge in [-0.3, -0.25) is 0 Å². The summed E-state index contributed by atoms with van der Waals surface area (Å²) in [6, 6.07) is 0.510. The molecule has 0 saturated heterocycles. The third kappa shape index (κ3) is 1.64. The second kappa shape index (κ2) is 3.68. The van der Waals surface area contributed by atoms with Crippen molar-refractivity contribution < 1.29 is 0 Å². The van der Waals surface area contributed by atoms with Crippen LogP contribution in [0.1, 0.15) is 19.4 Å². The minimum Gasteiger partial charge on any atom is -0.362 e. The third-order valence-corrected chi connectivity index (χ3v) is 2.82. The van der Waals surface area contributed by atoms with Crippen molar-refractivity contribution in [3.8, 4) is 0 Å². The maximum Gasteiger partial charge on any atom is 0.137 e. The third-order valence-electron chi connectivity index (χ3n) is 2.82. The van der Waals surface area contributed by atoms with E-state index < -0.39 is 0 Å². The Labute approximate surface area is 90.9 Å². The number of hydrogen-bond donors (Lipinski definition) is 0. The topological polar surface area (TPSA) is 32.3 Å². The van der Waals surface area contributed by atoms with Gasteiger partial charge in [0.2, 0.25) is 0 Å². The monoisotopic (exact) mass is 206 g/mol. The van der Waals surface area contributed by atoms with Crippen molar-refractivity contribution in [2.75, 3.05) is 30.4 Å². The molecule has 2 heterocycles. The zero-order valence-corrected chi connectivity index (χ0v) is 9.86. The van der Waals surface area contributed by atoms with Gasteiger partial charge in [0.15, 0.2) is 0 Å². The minimum atomic E-state index is 0.510. The first-order valence-corrected chi connectivity index (χ1v) is 5.39. The van der Waals surface area contributed by atoms with E-state index in [1.54, 1.807) is 6.33 Å². The van der Waals surface area contributed by atoms with Crippen molar-refractivity contribution in [1.29, 1.82) is 0 Å². The number of fused-ring (bicyclic) bond motifs is 1. The fourth-order valence-electron chi connectivity index (χ4n) is 2.09. The van der Waals surface area contributed by atoms with E-state index >= 15 is 0 Å². The highest BCUT2D eigenvalue weighted by Gasteiger charge is 2.26. The molecular weight excluding hydrogens is 188 g/mol. The summed E-state index contributed by atoms with van der Waals surface area (Å²) < 4.78 is 0. The molecule has 15 heavy (non-hydrogen) atoms. The van der Waals surface area contributed by atoms with Gasteiger partial charge in [0.25, 0.3) is 0 Å². The van der Waals surface area contributed by atoms with E-state index in [1.807, 2.05) is 14.1 Å².